The first kappa shape index (κ1) is 13.8. The molecular weight excluding hydrogens is 220 g/mol. The normalized spacial score (nSPS) is 12.3. The lowest BCUT2D eigenvalue weighted by Crippen LogP contribution is -2.21. The van der Waals surface area contributed by atoms with Gasteiger partial charge in [-0.05, 0) is 45.0 Å². The van der Waals surface area contributed by atoms with Gasteiger partial charge in [0, 0.05) is 5.56 Å². The Hall–Kier alpha value is -1.22. The molecule has 1 aromatic carbocycles. The van der Waals surface area contributed by atoms with Crippen LogP contribution < -0.4 is 5.32 Å². The van der Waals surface area contributed by atoms with Gasteiger partial charge in [-0.3, -0.25) is 0 Å². The molecule has 0 bridgehead atoms. The minimum Gasteiger partial charge on any atom is -0.307 e. The number of allylic oxidation sites excluding steroid dienone is 1. The third-order valence-corrected chi connectivity index (χ3v) is 2.41. The van der Waals surface area contributed by atoms with Gasteiger partial charge in [0.15, 0.2) is 0 Å². The van der Waals surface area contributed by atoms with Crippen LogP contribution in [0.1, 0.15) is 38.8 Å². The maximum absolute atomic E-state index is 13.7. The van der Waals surface area contributed by atoms with Crippen molar-refractivity contribution in [2.75, 3.05) is 6.54 Å². The summed E-state index contributed by atoms with van der Waals surface area (Å²) in [5.41, 5.74) is 1.43. The summed E-state index contributed by atoms with van der Waals surface area (Å²) in [7, 11) is 0. The second-order valence-electron chi connectivity index (χ2n) is 4.34. The van der Waals surface area contributed by atoms with E-state index in [4.69, 9.17) is 0 Å². The van der Waals surface area contributed by atoms with E-state index in [1.165, 1.54) is 12.1 Å². The van der Waals surface area contributed by atoms with E-state index in [1.54, 1.807) is 0 Å². The quantitative estimate of drug-likeness (QED) is 0.766. The Morgan fingerprint density at radius 3 is 2.65 bits per heavy atom. The highest BCUT2D eigenvalue weighted by atomic mass is 19.1. The van der Waals surface area contributed by atoms with E-state index in [2.05, 4.69) is 5.32 Å². The third kappa shape index (κ3) is 4.27. The molecule has 1 nitrogen and oxygen atoms in total. The van der Waals surface area contributed by atoms with Crippen molar-refractivity contribution in [3.8, 4) is 0 Å². The first-order valence-electron chi connectivity index (χ1n) is 5.88. The summed E-state index contributed by atoms with van der Waals surface area (Å²) in [5.74, 6) is -0.788. The second kappa shape index (κ2) is 6.50. The van der Waals surface area contributed by atoms with Gasteiger partial charge in [0.25, 0.3) is 0 Å². The van der Waals surface area contributed by atoms with Gasteiger partial charge in [0.05, 0.1) is 6.04 Å². The first-order valence-corrected chi connectivity index (χ1v) is 5.88. The van der Waals surface area contributed by atoms with E-state index in [0.717, 1.165) is 24.6 Å². The predicted octanol–water partition coefficient (Wildman–Crippen LogP) is 3.97. The van der Waals surface area contributed by atoms with Gasteiger partial charge in [-0.2, -0.15) is 0 Å². The first-order chi connectivity index (χ1) is 8.04. The molecular formula is C14H19F2N. The van der Waals surface area contributed by atoms with Gasteiger partial charge in [0.1, 0.15) is 11.6 Å². The smallest absolute Gasteiger partial charge is 0.128 e. The Labute approximate surface area is 102 Å². The standard InChI is InChI=1S/C14H19F2N/c1-4-7-17-14(8-10(2)3)12-9-11(15)5-6-13(12)16/h5-6,8-9,14,17H,4,7H2,1-3H3. The molecule has 0 amide bonds. The van der Waals surface area contributed by atoms with Crippen molar-refractivity contribution < 1.29 is 8.78 Å². The molecule has 1 aromatic rings. The van der Waals surface area contributed by atoms with Crippen LogP contribution in [0.5, 0.6) is 0 Å². The number of halogens is 2. The second-order valence-corrected chi connectivity index (χ2v) is 4.34. The lowest BCUT2D eigenvalue weighted by atomic mass is 10.0. The number of rotatable bonds is 5. The van der Waals surface area contributed by atoms with Crippen molar-refractivity contribution in [1.82, 2.24) is 5.32 Å². The zero-order valence-corrected chi connectivity index (χ0v) is 10.6. The zero-order valence-electron chi connectivity index (χ0n) is 10.6. The molecule has 0 aliphatic rings. The summed E-state index contributed by atoms with van der Waals surface area (Å²) in [4.78, 5) is 0. The number of hydrogen-bond donors (Lipinski definition) is 1. The summed E-state index contributed by atoms with van der Waals surface area (Å²) in [6, 6.07) is 3.29. The number of benzene rings is 1. The highest BCUT2D eigenvalue weighted by Gasteiger charge is 2.13. The maximum Gasteiger partial charge on any atom is 0.128 e. The lowest BCUT2D eigenvalue weighted by Gasteiger charge is -2.16. The Morgan fingerprint density at radius 1 is 1.35 bits per heavy atom. The molecule has 0 aromatic heterocycles. The van der Waals surface area contributed by atoms with Crippen LogP contribution in [0.15, 0.2) is 29.8 Å². The fourth-order valence-electron chi connectivity index (χ4n) is 1.64. The zero-order chi connectivity index (χ0) is 12.8. The molecule has 0 aliphatic heterocycles. The fraction of sp³-hybridized carbons (Fsp3) is 0.429. The fourth-order valence-corrected chi connectivity index (χ4v) is 1.64. The van der Waals surface area contributed by atoms with Crippen LogP contribution in [0, 0.1) is 11.6 Å². The Balaban J connectivity index is 3.03. The molecule has 0 aliphatic carbocycles. The summed E-state index contributed by atoms with van der Waals surface area (Å²) in [6.45, 7) is 6.69. The predicted molar refractivity (Wildman–Crippen MR) is 66.8 cm³/mol. The van der Waals surface area contributed by atoms with E-state index in [1.807, 2.05) is 26.8 Å². The van der Waals surface area contributed by atoms with E-state index >= 15 is 0 Å². The summed E-state index contributed by atoms with van der Waals surface area (Å²) >= 11 is 0. The van der Waals surface area contributed by atoms with Crippen molar-refractivity contribution in [2.45, 2.75) is 33.2 Å². The molecule has 94 valence electrons. The topological polar surface area (TPSA) is 12.0 Å². The number of hydrogen-bond acceptors (Lipinski definition) is 1. The van der Waals surface area contributed by atoms with Crippen LogP contribution in [0.25, 0.3) is 0 Å². The third-order valence-electron chi connectivity index (χ3n) is 2.41. The van der Waals surface area contributed by atoms with E-state index in [9.17, 15) is 8.78 Å². The molecule has 0 fully saturated rings. The average molecular weight is 239 g/mol. The van der Waals surface area contributed by atoms with E-state index in [-0.39, 0.29) is 11.9 Å². The average Bonchev–Trinajstić information content (AvgIpc) is 2.27. The molecule has 3 heteroatoms. The molecule has 0 heterocycles. The van der Waals surface area contributed by atoms with Crippen LogP contribution >= 0.6 is 0 Å². The summed E-state index contributed by atoms with van der Waals surface area (Å²) < 4.78 is 26.8. The molecule has 1 N–H and O–H groups in total. The van der Waals surface area contributed by atoms with Crippen LogP contribution in [0.3, 0.4) is 0 Å². The van der Waals surface area contributed by atoms with Crippen molar-refractivity contribution >= 4 is 0 Å². The Kier molecular flexibility index (Phi) is 5.29. The van der Waals surface area contributed by atoms with Gasteiger partial charge in [-0.1, -0.05) is 18.6 Å². The lowest BCUT2D eigenvalue weighted by molar-refractivity contribution is 0.541. The summed E-state index contributed by atoms with van der Waals surface area (Å²) in [6.07, 6.45) is 2.86. The Morgan fingerprint density at radius 2 is 2.06 bits per heavy atom. The largest absolute Gasteiger partial charge is 0.307 e. The molecule has 0 saturated heterocycles. The van der Waals surface area contributed by atoms with Crippen molar-refractivity contribution in [1.29, 1.82) is 0 Å². The van der Waals surface area contributed by atoms with Crippen molar-refractivity contribution in [2.24, 2.45) is 0 Å². The van der Waals surface area contributed by atoms with E-state index < -0.39 is 5.82 Å². The minimum absolute atomic E-state index is 0.268. The van der Waals surface area contributed by atoms with Crippen LogP contribution in [-0.2, 0) is 0 Å². The van der Waals surface area contributed by atoms with Crippen LogP contribution in [0.2, 0.25) is 0 Å². The number of nitrogens with one attached hydrogen (secondary N) is 1. The van der Waals surface area contributed by atoms with Crippen molar-refractivity contribution in [3.63, 3.8) is 0 Å². The van der Waals surface area contributed by atoms with Gasteiger partial charge in [0.2, 0.25) is 0 Å². The van der Waals surface area contributed by atoms with Gasteiger partial charge in [-0.15, -0.1) is 0 Å². The molecule has 1 unspecified atom stereocenters. The Bertz CT molecular complexity index is 395. The molecule has 0 radical (unpaired) electrons. The van der Waals surface area contributed by atoms with Crippen LogP contribution in [0.4, 0.5) is 8.78 Å². The van der Waals surface area contributed by atoms with Gasteiger partial charge < -0.3 is 5.32 Å². The highest BCUT2D eigenvalue weighted by molar-refractivity contribution is 5.26. The van der Waals surface area contributed by atoms with E-state index in [0.29, 0.717) is 5.56 Å². The molecule has 0 spiro atoms. The maximum atomic E-state index is 13.7. The van der Waals surface area contributed by atoms with Crippen molar-refractivity contribution in [3.05, 3.63) is 47.0 Å². The SMILES string of the molecule is CCCNC(C=C(C)C)c1cc(F)ccc1F. The summed E-state index contributed by atoms with van der Waals surface area (Å²) in [5, 5.41) is 3.20. The molecule has 17 heavy (non-hydrogen) atoms. The highest BCUT2D eigenvalue weighted by Crippen LogP contribution is 2.20. The molecule has 0 saturated carbocycles. The van der Waals surface area contributed by atoms with Gasteiger partial charge in [-0.25, -0.2) is 8.78 Å². The van der Waals surface area contributed by atoms with Gasteiger partial charge >= 0.3 is 0 Å². The monoisotopic (exact) mass is 239 g/mol. The van der Waals surface area contributed by atoms with Crippen LogP contribution in [-0.4, -0.2) is 6.54 Å². The molecule has 1 atom stereocenters. The minimum atomic E-state index is -0.410. The molecule has 1 rings (SSSR count).